The molecule has 0 aromatic heterocycles. The highest BCUT2D eigenvalue weighted by Gasteiger charge is 2.20. The minimum atomic E-state index is -0.617. The monoisotopic (exact) mass is 320 g/mol. The molecule has 2 rings (SSSR count). The van der Waals surface area contributed by atoms with Crippen molar-refractivity contribution in [2.75, 3.05) is 0 Å². The maximum absolute atomic E-state index is 12.2. The van der Waals surface area contributed by atoms with Crippen molar-refractivity contribution in [3.8, 4) is 11.8 Å². The summed E-state index contributed by atoms with van der Waals surface area (Å²) in [4.78, 5) is 12.2. The molecule has 1 amide bonds. The van der Waals surface area contributed by atoms with E-state index in [1.54, 1.807) is 19.1 Å². The molecule has 1 aliphatic rings. The molecule has 22 heavy (non-hydrogen) atoms. The zero-order valence-electron chi connectivity index (χ0n) is 12.8. The van der Waals surface area contributed by atoms with Gasteiger partial charge in [-0.3, -0.25) is 4.79 Å². The fourth-order valence-electron chi connectivity index (χ4n) is 2.65. The van der Waals surface area contributed by atoms with Gasteiger partial charge in [0.2, 0.25) is 0 Å². The van der Waals surface area contributed by atoms with Crippen molar-refractivity contribution >= 4 is 17.5 Å². The molecule has 0 saturated heterocycles. The van der Waals surface area contributed by atoms with Gasteiger partial charge < -0.3 is 10.1 Å². The Morgan fingerprint density at radius 2 is 2.05 bits per heavy atom. The van der Waals surface area contributed by atoms with E-state index in [2.05, 4.69) is 5.32 Å². The zero-order valence-corrected chi connectivity index (χ0v) is 13.5. The average Bonchev–Trinajstić information content (AvgIpc) is 2.77. The topological polar surface area (TPSA) is 62.1 Å². The van der Waals surface area contributed by atoms with Crippen molar-refractivity contribution in [1.82, 2.24) is 5.32 Å². The van der Waals surface area contributed by atoms with Crippen LogP contribution in [0.5, 0.6) is 5.75 Å². The van der Waals surface area contributed by atoms with Gasteiger partial charge in [0, 0.05) is 6.04 Å². The summed E-state index contributed by atoms with van der Waals surface area (Å²) >= 11 is 6.06. The van der Waals surface area contributed by atoms with Crippen LogP contribution in [0.4, 0.5) is 0 Å². The van der Waals surface area contributed by atoms with E-state index in [-0.39, 0.29) is 11.9 Å². The molecule has 0 spiro atoms. The normalized spacial score (nSPS) is 17.1. The van der Waals surface area contributed by atoms with Crippen LogP contribution in [0.25, 0.3) is 0 Å². The third kappa shape index (κ3) is 4.64. The summed E-state index contributed by atoms with van der Waals surface area (Å²) in [5.74, 6) is 0.302. The Balaban J connectivity index is 1.92. The maximum Gasteiger partial charge on any atom is 0.260 e. The Labute approximate surface area is 136 Å². The predicted molar refractivity (Wildman–Crippen MR) is 85.9 cm³/mol. The number of hydrogen-bond acceptors (Lipinski definition) is 3. The molecule has 1 aromatic rings. The lowest BCUT2D eigenvalue weighted by atomic mass is 10.1. The summed E-state index contributed by atoms with van der Waals surface area (Å²) in [6.45, 7) is 1.71. The maximum atomic E-state index is 12.2. The van der Waals surface area contributed by atoms with E-state index < -0.39 is 6.10 Å². The Hall–Kier alpha value is -1.73. The van der Waals surface area contributed by atoms with Crippen LogP contribution in [0.15, 0.2) is 18.2 Å². The fourth-order valence-corrected chi connectivity index (χ4v) is 2.88. The van der Waals surface area contributed by atoms with Crippen molar-refractivity contribution in [3.63, 3.8) is 0 Å². The molecule has 1 aromatic carbocycles. The van der Waals surface area contributed by atoms with Gasteiger partial charge in [-0.15, -0.1) is 0 Å². The number of rotatable bonds is 4. The van der Waals surface area contributed by atoms with Gasteiger partial charge in [-0.25, -0.2) is 0 Å². The summed E-state index contributed by atoms with van der Waals surface area (Å²) in [5.41, 5.74) is 0.466. The molecule has 1 saturated carbocycles. The molecule has 0 unspecified atom stereocenters. The van der Waals surface area contributed by atoms with Crippen molar-refractivity contribution in [2.45, 2.75) is 57.6 Å². The fraction of sp³-hybridized carbons (Fsp3) is 0.529. The molecule has 118 valence electrons. The van der Waals surface area contributed by atoms with E-state index >= 15 is 0 Å². The van der Waals surface area contributed by atoms with Crippen LogP contribution in [-0.2, 0) is 4.79 Å². The summed E-state index contributed by atoms with van der Waals surface area (Å²) in [5, 5.41) is 12.2. The first-order valence-corrected chi connectivity index (χ1v) is 8.14. The van der Waals surface area contributed by atoms with Gasteiger partial charge in [-0.2, -0.15) is 5.26 Å². The molecule has 4 nitrogen and oxygen atoms in total. The lowest BCUT2D eigenvalue weighted by Crippen LogP contribution is -2.42. The number of nitriles is 1. The number of carbonyl (C=O) groups excluding carboxylic acids is 1. The number of nitrogens with zero attached hydrogens (tertiary/aromatic N) is 1. The Morgan fingerprint density at radius 1 is 1.36 bits per heavy atom. The number of carbonyl (C=O) groups is 1. The van der Waals surface area contributed by atoms with Gasteiger partial charge in [-0.1, -0.05) is 37.3 Å². The van der Waals surface area contributed by atoms with Crippen molar-refractivity contribution < 1.29 is 9.53 Å². The third-order valence-corrected chi connectivity index (χ3v) is 4.23. The Bertz CT molecular complexity index is 560. The summed E-state index contributed by atoms with van der Waals surface area (Å²) in [6, 6.07) is 7.04. The Kier molecular flexibility index (Phi) is 6.09. The van der Waals surface area contributed by atoms with Gasteiger partial charge in [0.15, 0.2) is 6.10 Å². The largest absolute Gasteiger partial charge is 0.479 e. The van der Waals surface area contributed by atoms with E-state index in [1.807, 2.05) is 6.07 Å². The second-order valence-corrected chi connectivity index (χ2v) is 6.12. The highest BCUT2D eigenvalue weighted by molar-refractivity contribution is 6.32. The van der Waals surface area contributed by atoms with Gasteiger partial charge in [0.1, 0.15) is 5.75 Å². The number of hydrogen-bond donors (Lipinski definition) is 1. The number of ether oxygens (including phenoxy) is 1. The molecule has 1 atom stereocenters. The van der Waals surface area contributed by atoms with Crippen LogP contribution in [0.2, 0.25) is 5.02 Å². The molecule has 0 heterocycles. The number of benzene rings is 1. The summed E-state index contributed by atoms with van der Waals surface area (Å²) < 4.78 is 5.63. The minimum Gasteiger partial charge on any atom is -0.479 e. The van der Waals surface area contributed by atoms with Crippen LogP contribution >= 0.6 is 11.6 Å². The van der Waals surface area contributed by atoms with Gasteiger partial charge >= 0.3 is 0 Å². The van der Waals surface area contributed by atoms with Gasteiger partial charge in [0.05, 0.1) is 16.7 Å². The van der Waals surface area contributed by atoms with Crippen LogP contribution in [0.3, 0.4) is 0 Å². The molecule has 1 N–H and O–H groups in total. The van der Waals surface area contributed by atoms with E-state index in [9.17, 15) is 4.79 Å². The average molecular weight is 321 g/mol. The molecule has 0 aliphatic heterocycles. The second kappa shape index (κ2) is 8.05. The predicted octanol–water partition coefficient (Wildman–Crippen LogP) is 3.82. The highest BCUT2D eigenvalue weighted by atomic mass is 35.5. The number of halogens is 1. The highest BCUT2D eigenvalue weighted by Crippen LogP contribution is 2.26. The summed E-state index contributed by atoms with van der Waals surface area (Å²) in [7, 11) is 0. The molecule has 1 fully saturated rings. The molecule has 1 aliphatic carbocycles. The second-order valence-electron chi connectivity index (χ2n) is 5.71. The first kappa shape index (κ1) is 16.6. The van der Waals surface area contributed by atoms with Crippen LogP contribution in [0.1, 0.15) is 51.0 Å². The molecule has 0 bridgehead atoms. The van der Waals surface area contributed by atoms with E-state index in [0.717, 1.165) is 12.8 Å². The molecule has 5 heteroatoms. The molecule has 0 radical (unpaired) electrons. The Morgan fingerprint density at radius 3 is 2.64 bits per heavy atom. The van der Waals surface area contributed by atoms with E-state index in [0.29, 0.717) is 16.3 Å². The standard InChI is InChI=1S/C17H21ClN2O2/c1-12(17(21)20-14-6-4-2-3-5-7-14)22-16-9-8-13(11-19)10-15(16)18/h8-10,12,14H,2-7H2,1H3,(H,20,21)/t12-/m0/s1. The number of nitrogens with one attached hydrogen (secondary N) is 1. The zero-order chi connectivity index (χ0) is 15.9. The SMILES string of the molecule is C[C@H](Oc1ccc(C#N)cc1Cl)C(=O)NC1CCCCCC1. The smallest absolute Gasteiger partial charge is 0.260 e. The minimum absolute atomic E-state index is 0.118. The first-order valence-electron chi connectivity index (χ1n) is 7.77. The van der Waals surface area contributed by atoms with Gasteiger partial charge in [-0.05, 0) is 38.0 Å². The lowest BCUT2D eigenvalue weighted by Gasteiger charge is -2.20. The van der Waals surface area contributed by atoms with Gasteiger partial charge in [0.25, 0.3) is 5.91 Å². The van der Waals surface area contributed by atoms with E-state index in [4.69, 9.17) is 21.6 Å². The first-order chi connectivity index (χ1) is 10.6. The van der Waals surface area contributed by atoms with Crippen LogP contribution in [0, 0.1) is 11.3 Å². The lowest BCUT2D eigenvalue weighted by molar-refractivity contribution is -0.128. The number of amides is 1. The van der Waals surface area contributed by atoms with E-state index in [1.165, 1.54) is 31.7 Å². The quantitative estimate of drug-likeness (QED) is 0.858. The van der Waals surface area contributed by atoms with Crippen molar-refractivity contribution in [3.05, 3.63) is 28.8 Å². The summed E-state index contributed by atoms with van der Waals surface area (Å²) in [6.07, 6.45) is 6.29. The van der Waals surface area contributed by atoms with Crippen LogP contribution in [-0.4, -0.2) is 18.1 Å². The van der Waals surface area contributed by atoms with Crippen LogP contribution < -0.4 is 10.1 Å². The van der Waals surface area contributed by atoms with Crippen molar-refractivity contribution in [1.29, 1.82) is 5.26 Å². The molecular formula is C17H21ClN2O2. The molecular weight excluding hydrogens is 300 g/mol. The van der Waals surface area contributed by atoms with Crippen molar-refractivity contribution in [2.24, 2.45) is 0 Å². The third-order valence-electron chi connectivity index (χ3n) is 3.94.